The van der Waals surface area contributed by atoms with Gasteiger partial charge in [-0.05, 0) is 37.1 Å². The average molecular weight is 293 g/mol. The summed E-state index contributed by atoms with van der Waals surface area (Å²) < 4.78 is 0. The third kappa shape index (κ3) is 2.03. The number of fused-ring (bicyclic) bond motifs is 2. The molecular formula is C18H19N3O. The van der Waals surface area contributed by atoms with Crippen LogP contribution in [0.5, 0.6) is 0 Å². The number of para-hydroxylation sites is 1. The quantitative estimate of drug-likeness (QED) is 0.925. The van der Waals surface area contributed by atoms with E-state index in [-0.39, 0.29) is 11.3 Å². The molecule has 4 rings (SSSR count). The number of nitrogens with zero attached hydrogens (tertiary/aromatic N) is 2. The number of rotatable bonds is 2. The van der Waals surface area contributed by atoms with Crippen molar-refractivity contribution in [3.63, 3.8) is 0 Å². The van der Waals surface area contributed by atoms with Crippen molar-refractivity contribution in [1.82, 2.24) is 9.88 Å². The Kier molecular flexibility index (Phi) is 3.01. The fourth-order valence-electron chi connectivity index (χ4n) is 3.72. The Morgan fingerprint density at radius 3 is 2.95 bits per heavy atom. The lowest BCUT2D eigenvalue weighted by molar-refractivity contribution is -0.120. The molecule has 2 aromatic rings. The van der Waals surface area contributed by atoms with E-state index < -0.39 is 0 Å². The van der Waals surface area contributed by atoms with E-state index in [9.17, 15) is 4.79 Å². The highest BCUT2D eigenvalue weighted by Crippen LogP contribution is 2.44. The first-order chi connectivity index (χ1) is 10.7. The molecule has 4 nitrogen and oxygen atoms in total. The Balaban J connectivity index is 1.59. The highest BCUT2D eigenvalue weighted by atomic mass is 16.2. The van der Waals surface area contributed by atoms with Crippen LogP contribution in [0.2, 0.25) is 0 Å². The summed E-state index contributed by atoms with van der Waals surface area (Å²) in [6.45, 7) is 4.51. The van der Waals surface area contributed by atoms with Crippen LogP contribution >= 0.6 is 0 Å². The molecule has 2 aliphatic heterocycles. The number of aryl methyl sites for hydroxylation is 1. The largest absolute Gasteiger partial charge is 0.325 e. The van der Waals surface area contributed by atoms with Crippen molar-refractivity contribution < 1.29 is 4.79 Å². The summed E-state index contributed by atoms with van der Waals surface area (Å²) in [7, 11) is 0. The molecule has 2 aliphatic rings. The minimum absolute atomic E-state index is 0.147. The van der Waals surface area contributed by atoms with Crippen molar-refractivity contribution in [1.29, 1.82) is 0 Å². The molecule has 0 bridgehead atoms. The molecule has 0 aliphatic carbocycles. The number of benzene rings is 1. The molecule has 4 heteroatoms. The Bertz CT molecular complexity index is 743. The van der Waals surface area contributed by atoms with Crippen LogP contribution < -0.4 is 5.32 Å². The molecule has 1 N–H and O–H groups in total. The van der Waals surface area contributed by atoms with Crippen LogP contribution in [0, 0.1) is 6.92 Å². The van der Waals surface area contributed by atoms with Gasteiger partial charge in [0.2, 0.25) is 5.91 Å². The van der Waals surface area contributed by atoms with E-state index in [1.807, 2.05) is 37.3 Å². The van der Waals surface area contributed by atoms with E-state index in [4.69, 9.17) is 0 Å². The molecule has 1 fully saturated rings. The van der Waals surface area contributed by atoms with Gasteiger partial charge in [-0.1, -0.05) is 24.3 Å². The summed E-state index contributed by atoms with van der Waals surface area (Å²) in [5.74, 6) is 0.147. The van der Waals surface area contributed by atoms with Crippen molar-refractivity contribution in [3.8, 4) is 0 Å². The van der Waals surface area contributed by atoms with Gasteiger partial charge in [0.05, 0.1) is 11.1 Å². The lowest BCUT2D eigenvalue weighted by Crippen LogP contribution is -2.37. The van der Waals surface area contributed by atoms with Crippen LogP contribution in [0.1, 0.15) is 23.4 Å². The van der Waals surface area contributed by atoms with Gasteiger partial charge in [-0.15, -0.1) is 0 Å². The second kappa shape index (κ2) is 4.92. The first kappa shape index (κ1) is 13.5. The molecule has 0 saturated carbocycles. The van der Waals surface area contributed by atoms with Crippen LogP contribution in [-0.2, 0) is 16.8 Å². The van der Waals surface area contributed by atoms with Crippen molar-refractivity contribution in [3.05, 3.63) is 59.4 Å². The Morgan fingerprint density at radius 2 is 2.09 bits per heavy atom. The number of hydrogen-bond acceptors (Lipinski definition) is 3. The lowest BCUT2D eigenvalue weighted by atomic mass is 9.81. The second-order valence-corrected chi connectivity index (χ2v) is 6.31. The van der Waals surface area contributed by atoms with E-state index in [0.29, 0.717) is 0 Å². The smallest absolute Gasteiger partial charge is 0.236 e. The molecule has 112 valence electrons. The van der Waals surface area contributed by atoms with Gasteiger partial charge in [-0.25, -0.2) is 0 Å². The van der Waals surface area contributed by atoms with Crippen molar-refractivity contribution in [2.24, 2.45) is 0 Å². The van der Waals surface area contributed by atoms with Gasteiger partial charge >= 0.3 is 0 Å². The third-order valence-electron chi connectivity index (χ3n) is 4.81. The maximum absolute atomic E-state index is 12.6. The summed E-state index contributed by atoms with van der Waals surface area (Å²) in [4.78, 5) is 19.5. The molecule has 3 heterocycles. The fourth-order valence-corrected chi connectivity index (χ4v) is 3.72. The predicted molar refractivity (Wildman–Crippen MR) is 85.6 cm³/mol. The summed E-state index contributed by atoms with van der Waals surface area (Å²) in [5.41, 5.74) is 3.86. The van der Waals surface area contributed by atoms with Gasteiger partial charge in [-0.3, -0.25) is 14.7 Å². The maximum atomic E-state index is 12.6. The molecule has 1 atom stereocenters. The van der Waals surface area contributed by atoms with Crippen LogP contribution in [0.3, 0.4) is 0 Å². The van der Waals surface area contributed by atoms with Crippen LogP contribution in [0.4, 0.5) is 5.69 Å². The molecule has 1 aromatic carbocycles. The molecule has 0 radical (unpaired) electrons. The van der Waals surface area contributed by atoms with Crippen LogP contribution in [0.25, 0.3) is 0 Å². The molecule has 22 heavy (non-hydrogen) atoms. The lowest BCUT2D eigenvalue weighted by Gasteiger charge is -2.22. The summed E-state index contributed by atoms with van der Waals surface area (Å²) in [5, 5.41) is 3.04. The predicted octanol–water partition coefficient (Wildman–Crippen LogP) is 2.49. The number of pyridine rings is 1. The van der Waals surface area contributed by atoms with Gasteiger partial charge in [0, 0.05) is 31.0 Å². The number of nitrogens with one attached hydrogen (secondary N) is 1. The molecule has 1 saturated heterocycles. The SMILES string of the molecule is Cc1cccc(CN2CCC3(C2)C(=O)Nc2ccccc23)n1. The summed E-state index contributed by atoms with van der Waals surface area (Å²) in [6.07, 6.45) is 0.877. The van der Waals surface area contributed by atoms with E-state index in [0.717, 1.165) is 48.7 Å². The number of carbonyl (C=O) groups excluding carboxylic acids is 1. The summed E-state index contributed by atoms with van der Waals surface area (Å²) in [6, 6.07) is 14.2. The number of hydrogen-bond donors (Lipinski definition) is 1. The maximum Gasteiger partial charge on any atom is 0.236 e. The fraction of sp³-hybridized carbons (Fsp3) is 0.333. The standard InChI is InChI=1S/C18H19N3O/c1-13-5-4-6-14(19-13)11-21-10-9-18(12-21)15-7-2-3-8-16(15)20-17(18)22/h2-8H,9-12H2,1H3,(H,20,22). The zero-order chi connectivity index (χ0) is 15.2. The van der Waals surface area contributed by atoms with Gasteiger partial charge in [-0.2, -0.15) is 0 Å². The Labute approximate surface area is 130 Å². The van der Waals surface area contributed by atoms with Crippen molar-refractivity contribution in [2.45, 2.75) is 25.3 Å². The number of amides is 1. The zero-order valence-corrected chi connectivity index (χ0v) is 12.7. The number of likely N-dealkylation sites (tertiary alicyclic amines) is 1. The zero-order valence-electron chi connectivity index (χ0n) is 12.7. The molecule has 1 aromatic heterocycles. The van der Waals surface area contributed by atoms with E-state index in [1.54, 1.807) is 0 Å². The highest BCUT2D eigenvalue weighted by Gasteiger charge is 2.50. The van der Waals surface area contributed by atoms with Crippen LogP contribution in [-0.4, -0.2) is 28.9 Å². The topological polar surface area (TPSA) is 45.2 Å². The van der Waals surface area contributed by atoms with Gasteiger partial charge in [0.1, 0.15) is 0 Å². The number of carbonyl (C=O) groups is 1. The van der Waals surface area contributed by atoms with Gasteiger partial charge in [0.15, 0.2) is 0 Å². The molecule has 1 unspecified atom stereocenters. The van der Waals surface area contributed by atoms with E-state index in [2.05, 4.69) is 27.3 Å². The molecular weight excluding hydrogens is 274 g/mol. The van der Waals surface area contributed by atoms with Crippen LogP contribution in [0.15, 0.2) is 42.5 Å². The first-order valence-corrected chi connectivity index (χ1v) is 7.73. The minimum atomic E-state index is -0.375. The van der Waals surface area contributed by atoms with Gasteiger partial charge in [0.25, 0.3) is 0 Å². The van der Waals surface area contributed by atoms with Crippen molar-refractivity contribution >= 4 is 11.6 Å². The van der Waals surface area contributed by atoms with Gasteiger partial charge < -0.3 is 5.32 Å². The average Bonchev–Trinajstić information content (AvgIpc) is 3.04. The number of anilines is 1. The Morgan fingerprint density at radius 1 is 1.23 bits per heavy atom. The Hall–Kier alpha value is -2.20. The third-order valence-corrected chi connectivity index (χ3v) is 4.81. The van der Waals surface area contributed by atoms with Crippen molar-refractivity contribution in [2.75, 3.05) is 18.4 Å². The highest BCUT2D eigenvalue weighted by molar-refractivity contribution is 6.06. The van der Waals surface area contributed by atoms with E-state index in [1.165, 1.54) is 0 Å². The normalized spacial score (nSPS) is 23.8. The molecule has 1 spiro atoms. The monoisotopic (exact) mass is 293 g/mol. The number of aromatic nitrogens is 1. The second-order valence-electron chi connectivity index (χ2n) is 6.31. The minimum Gasteiger partial charge on any atom is -0.325 e. The van der Waals surface area contributed by atoms with E-state index >= 15 is 0 Å². The first-order valence-electron chi connectivity index (χ1n) is 7.73. The molecule has 1 amide bonds. The summed E-state index contributed by atoms with van der Waals surface area (Å²) >= 11 is 0.